The minimum absolute atomic E-state index is 0.177. The highest BCUT2D eigenvalue weighted by atomic mass is 19.1. The van der Waals surface area contributed by atoms with Gasteiger partial charge in [0.1, 0.15) is 11.6 Å². The number of benzene rings is 2. The van der Waals surface area contributed by atoms with E-state index in [1.165, 1.54) is 24.3 Å². The summed E-state index contributed by atoms with van der Waals surface area (Å²) in [7, 11) is 3.75. The van der Waals surface area contributed by atoms with E-state index in [1.54, 1.807) is 19.1 Å². The molecule has 2 N–H and O–H groups in total. The zero-order valence-electron chi connectivity index (χ0n) is 15.2. The molecule has 0 amide bonds. The maximum absolute atomic E-state index is 12.9. The first kappa shape index (κ1) is 19.8. The molecule has 0 saturated carbocycles. The maximum Gasteiger partial charge on any atom is 0.193 e. The van der Waals surface area contributed by atoms with Crippen molar-refractivity contribution in [2.45, 2.75) is 33.1 Å². The zero-order valence-corrected chi connectivity index (χ0v) is 15.2. The van der Waals surface area contributed by atoms with Crippen molar-refractivity contribution in [1.82, 2.24) is 5.32 Å². The van der Waals surface area contributed by atoms with E-state index in [9.17, 15) is 14.3 Å². The van der Waals surface area contributed by atoms with Crippen LogP contribution >= 0.6 is 0 Å². The van der Waals surface area contributed by atoms with Crippen LogP contribution in [0.15, 0.2) is 36.4 Å². The number of phenols is 1. The molecular formula is C20H26FNO2. The van der Waals surface area contributed by atoms with Gasteiger partial charge < -0.3 is 10.4 Å². The molecule has 0 aliphatic carbocycles. The Kier molecular flexibility index (Phi) is 6.67. The second-order valence-electron chi connectivity index (χ2n) is 6.78. The summed E-state index contributed by atoms with van der Waals surface area (Å²) in [6, 6.07) is 8.86. The normalized spacial score (nSPS) is 10.8. The number of aryl methyl sites for hydroxylation is 1. The molecule has 2 rings (SSSR count). The van der Waals surface area contributed by atoms with E-state index >= 15 is 0 Å². The van der Waals surface area contributed by atoms with E-state index < -0.39 is 0 Å². The summed E-state index contributed by atoms with van der Waals surface area (Å²) in [6.07, 6.45) is 0. The second-order valence-corrected chi connectivity index (χ2v) is 6.78. The predicted molar refractivity (Wildman–Crippen MR) is 96.4 cm³/mol. The van der Waals surface area contributed by atoms with Crippen LogP contribution in [0.1, 0.15) is 47.8 Å². The smallest absolute Gasteiger partial charge is 0.193 e. The molecule has 3 nitrogen and oxygen atoms in total. The molecule has 0 atom stereocenters. The van der Waals surface area contributed by atoms with Gasteiger partial charge in [0.25, 0.3) is 0 Å². The van der Waals surface area contributed by atoms with E-state index in [-0.39, 0.29) is 22.8 Å². The first-order valence-corrected chi connectivity index (χ1v) is 7.84. The lowest BCUT2D eigenvalue weighted by atomic mass is 9.83. The van der Waals surface area contributed by atoms with Crippen LogP contribution in [0.3, 0.4) is 0 Å². The molecule has 4 heteroatoms. The Bertz CT molecular complexity index is 701. The van der Waals surface area contributed by atoms with E-state index in [0.29, 0.717) is 16.7 Å². The molecular weight excluding hydrogens is 305 g/mol. The van der Waals surface area contributed by atoms with Crippen LogP contribution < -0.4 is 5.32 Å². The number of carbonyl (C=O) groups excluding carboxylic acids is 1. The Morgan fingerprint density at radius 1 is 1.04 bits per heavy atom. The summed E-state index contributed by atoms with van der Waals surface area (Å²) >= 11 is 0. The molecule has 0 aromatic heterocycles. The van der Waals surface area contributed by atoms with Crippen molar-refractivity contribution in [1.29, 1.82) is 0 Å². The number of ketones is 1. The van der Waals surface area contributed by atoms with Gasteiger partial charge in [0.05, 0.1) is 0 Å². The average Bonchev–Trinajstić information content (AvgIpc) is 2.49. The highest BCUT2D eigenvalue weighted by Crippen LogP contribution is 2.34. The van der Waals surface area contributed by atoms with Gasteiger partial charge in [0.15, 0.2) is 5.78 Å². The molecule has 2 aromatic carbocycles. The highest BCUT2D eigenvalue weighted by Gasteiger charge is 2.22. The summed E-state index contributed by atoms with van der Waals surface area (Å²) in [4.78, 5) is 12.5. The molecule has 0 heterocycles. The van der Waals surface area contributed by atoms with Gasteiger partial charge in [-0.3, -0.25) is 4.79 Å². The van der Waals surface area contributed by atoms with Crippen LogP contribution in [-0.4, -0.2) is 25.0 Å². The van der Waals surface area contributed by atoms with E-state index in [0.717, 1.165) is 5.56 Å². The van der Waals surface area contributed by atoms with E-state index in [4.69, 9.17) is 0 Å². The lowest BCUT2D eigenvalue weighted by Crippen LogP contribution is -2.14. The van der Waals surface area contributed by atoms with Gasteiger partial charge in [-0.1, -0.05) is 20.8 Å². The van der Waals surface area contributed by atoms with Gasteiger partial charge >= 0.3 is 0 Å². The Hall–Kier alpha value is -2.20. The van der Waals surface area contributed by atoms with Crippen molar-refractivity contribution in [3.63, 3.8) is 0 Å². The van der Waals surface area contributed by atoms with Gasteiger partial charge in [-0.15, -0.1) is 0 Å². The highest BCUT2D eigenvalue weighted by molar-refractivity contribution is 6.09. The van der Waals surface area contributed by atoms with Gasteiger partial charge in [0.2, 0.25) is 0 Å². The lowest BCUT2D eigenvalue weighted by molar-refractivity contribution is 0.103. The fourth-order valence-electron chi connectivity index (χ4n) is 2.25. The van der Waals surface area contributed by atoms with Crippen LogP contribution in [-0.2, 0) is 5.41 Å². The standard InChI is InChI=1S/C18H19FO2.C2H7N/c1-11-9-13(10-15(16(11)20)18(2,3)4)17(21)12-5-7-14(19)8-6-12;1-3-2/h5-10,20H,1-4H3;3H,1-2H3. The van der Waals surface area contributed by atoms with E-state index in [1.807, 2.05) is 34.9 Å². The van der Waals surface area contributed by atoms with Crippen LogP contribution in [0.25, 0.3) is 0 Å². The molecule has 0 saturated heterocycles. The first-order chi connectivity index (χ1) is 11.1. The average molecular weight is 331 g/mol. The number of hydrogen-bond donors (Lipinski definition) is 2. The summed E-state index contributed by atoms with van der Waals surface area (Å²) < 4.78 is 12.9. The Morgan fingerprint density at radius 2 is 1.54 bits per heavy atom. The number of rotatable bonds is 2. The maximum atomic E-state index is 12.9. The van der Waals surface area contributed by atoms with Crippen molar-refractivity contribution in [2.75, 3.05) is 14.1 Å². The van der Waals surface area contributed by atoms with Gasteiger partial charge in [-0.2, -0.15) is 0 Å². The van der Waals surface area contributed by atoms with Gasteiger partial charge in [-0.05, 0) is 68.4 Å². The van der Waals surface area contributed by atoms with E-state index in [2.05, 4.69) is 5.32 Å². The van der Waals surface area contributed by atoms with Gasteiger partial charge in [-0.25, -0.2) is 4.39 Å². The molecule has 0 bridgehead atoms. The van der Waals surface area contributed by atoms with Crippen molar-refractivity contribution in [3.8, 4) is 5.75 Å². The number of phenolic OH excluding ortho intramolecular Hbond substituents is 1. The Labute approximate surface area is 143 Å². The topological polar surface area (TPSA) is 49.3 Å². The van der Waals surface area contributed by atoms with Crippen molar-refractivity contribution < 1.29 is 14.3 Å². The Morgan fingerprint density at radius 3 is 2.00 bits per heavy atom. The minimum Gasteiger partial charge on any atom is -0.507 e. The fourth-order valence-corrected chi connectivity index (χ4v) is 2.25. The van der Waals surface area contributed by atoms with Crippen LogP contribution in [0.5, 0.6) is 5.75 Å². The predicted octanol–water partition coefficient (Wildman–Crippen LogP) is 4.20. The third-order valence-corrected chi connectivity index (χ3v) is 3.48. The molecule has 0 spiro atoms. The van der Waals surface area contributed by atoms with Crippen molar-refractivity contribution in [3.05, 3.63) is 64.5 Å². The summed E-state index contributed by atoms with van der Waals surface area (Å²) in [5.74, 6) is -0.328. The molecule has 0 aliphatic heterocycles. The minimum atomic E-state index is -0.371. The number of aromatic hydroxyl groups is 1. The molecule has 130 valence electrons. The largest absolute Gasteiger partial charge is 0.507 e. The third kappa shape index (κ3) is 4.90. The fraction of sp³-hybridized carbons (Fsp3) is 0.350. The molecule has 0 fully saturated rings. The number of hydrogen-bond acceptors (Lipinski definition) is 3. The molecule has 0 radical (unpaired) electrons. The quantitative estimate of drug-likeness (QED) is 0.811. The number of halogens is 1. The molecule has 24 heavy (non-hydrogen) atoms. The SMILES string of the molecule is CNC.Cc1cc(C(=O)c2ccc(F)cc2)cc(C(C)(C)C)c1O. The monoisotopic (exact) mass is 331 g/mol. The lowest BCUT2D eigenvalue weighted by Gasteiger charge is -2.22. The zero-order chi connectivity index (χ0) is 18.5. The van der Waals surface area contributed by atoms with Gasteiger partial charge in [0, 0.05) is 16.7 Å². The molecule has 2 aromatic rings. The summed E-state index contributed by atoms with van der Waals surface area (Å²) in [6.45, 7) is 7.71. The summed E-state index contributed by atoms with van der Waals surface area (Å²) in [5.41, 5.74) is 2.05. The number of nitrogens with one attached hydrogen (secondary N) is 1. The number of carbonyl (C=O) groups is 1. The van der Waals surface area contributed by atoms with Crippen LogP contribution in [0, 0.1) is 12.7 Å². The third-order valence-electron chi connectivity index (χ3n) is 3.48. The second kappa shape index (κ2) is 8.06. The summed E-state index contributed by atoms with van der Waals surface area (Å²) in [5, 5.41) is 12.9. The Balaban J connectivity index is 0.000000891. The van der Waals surface area contributed by atoms with Crippen molar-refractivity contribution >= 4 is 5.78 Å². The van der Waals surface area contributed by atoms with Crippen LogP contribution in [0.2, 0.25) is 0 Å². The molecule has 0 unspecified atom stereocenters. The van der Waals surface area contributed by atoms with Crippen molar-refractivity contribution in [2.24, 2.45) is 0 Å². The first-order valence-electron chi connectivity index (χ1n) is 7.84. The molecule has 0 aliphatic rings. The van der Waals surface area contributed by atoms with Crippen LogP contribution in [0.4, 0.5) is 4.39 Å².